The minimum Gasteiger partial charge on any atom is -0.339 e. The Kier molecular flexibility index (Phi) is 6.77. The van der Waals surface area contributed by atoms with Crippen LogP contribution in [-0.4, -0.2) is 58.0 Å². The van der Waals surface area contributed by atoms with Crippen molar-refractivity contribution >= 4 is 11.8 Å². The summed E-state index contributed by atoms with van der Waals surface area (Å²) < 4.78 is 14.6. The van der Waals surface area contributed by atoms with Gasteiger partial charge in [0.05, 0.1) is 17.5 Å². The number of nitrogens with zero attached hydrogens (tertiary/aromatic N) is 4. The highest BCUT2D eigenvalue weighted by Gasteiger charge is 2.29. The Morgan fingerprint density at radius 3 is 2.61 bits per heavy atom. The Hall–Kier alpha value is -3.61. The second-order valence-electron chi connectivity index (χ2n) is 8.43. The molecule has 0 saturated carbocycles. The molecular weight excluding hydrogens is 419 g/mol. The molecular formula is C26H27FN4O2. The van der Waals surface area contributed by atoms with E-state index in [0.29, 0.717) is 26.1 Å². The Bertz CT molecular complexity index is 1170. The van der Waals surface area contributed by atoms with E-state index in [1.807, 2.05) is 44.2 Å². The van der Waals surface area contributed by atoms with Crippen LogP contribution in [-0.2, 0) is 17.6 Å². The molecule has 3 aromatic rings. The number of halogens is 1. The van der Waals surface area contributed by atoms with Gasteiger partial charge >= 0.3 is 0 Å². The van der Waals surface area contributed by atoms with Gasteiger partial charge < -0.3 is 9.80 Å². The number of carbonyl (C=O) groups excluding carboxylic acids is 2. The van der Waals surface area contributed by atoms with Crippen LogP contribution in [0, 0.1) is 19.7 Å². The first kappa shape index (κ1) is 22.6. The van der Waals surface area contributed by atoms with E-state index < -0.39 is 11.7 Å². The SMILES string of the molecule is Cc1cnnc(Cc2ccc(F)c(C(=O)N3CCN(CCc4ccccc4)C(=O)C3)c2)c1C. The summed E-state index contributed by atoms with van der Waals surface area (Å²) in [5, 5.41) is 8.19. The first-order valence-corrected chi connectivity index (χ1v) is 11.1. The molecule has 0 bridgehead atoms. The van der Waals surface area contributed by atoms with Crippen molar-refractivity contribution in [2.45, 2.75) is 26.7 Å². The zero-order valence-electron chi connectivity index (χ0n) is 18.9. The number of aryl methyl sites for hydroxylation is 1. The fraction of sp³-hybridized carbons (Fsp3) is 0.308. The lowest BCUT2D eigenvalue weighted by Gasteiger charge is -2.34. The third kappa shape index (κ3) is 5.25. The maximum absolute atomic E-state index is 14.6. The second kappa shape index (κ2) is 9.90. The van der Waals surface area contributed by atoms with Gasteiger partial charge in [0.15, 0.2) is 0 Å². The largest absolute Gasteiger partial charge is 0.339 e. The molecule has 0 atom stereocenters. The molecule has 2 aromatic carbocycles. The molecule has 2 amide bonds. The minimum absolute atomic E-state index is 0.0173. The lowest BCUT2D eigenvalue weighted by Crippen LogP contribution is -2.52. The van der Waals surface area contributed by atoms with Crippen LogP contribution in [0.5, 0.6) is 0 Å². The molecule has 0 spiro atoms. The molecule has 6 nitrogen and oxygen atoms in total. The van der Waals surface area contributed by atoms with E-state index >= 15 is 0 Å². The highest BCUT2D eigenvalue weighted by molar-refractivity contribution is 5.97. The quantitative estimate of drug-likeness (QED) is 0.583. The van der Waals surface area contributed by atoms with Crippen molar-refractivity contribution in [3.8, 4) is 0 Å². The summed E-state index contributed by atoms with van der Waals surface area (Å²) in [6.45, 7) is 5.31. The van der Waals surface area contributed by atoms with Gasteiger partial charge in [-0.3, -0.25) is 9.59 Å². The third-order valence-corrected chi connectivity index (χ3v) is 6.21. The number of aromatic nitrogens is 2. The highest BCUT2D eigenvalue weighted by Crippen LogP contribution is 2.19. The van der Waals surface area contributed by atoms with Gasteiger partial charge in [-0.05, 0) is 54.7 Å². The number of piperazine rings is 1. The fourth-order valence-corrected chi connectivity index (χ4v) is 3.99. The van der Waals surface area contributed by atoms with Crippen LogP contribution >= 0.6 is 0 Å². The molecule has 0 unspecified atom stereocenters. The summed E-state index contributed by atoms with van der Waals surface area (Å²) >= 11 is 0. The molecule has 1 aliphatic heterocycles. The number of rotatable bonds is 6. The Balaban J connectivity index is 1.42. The molecule has 4 rings (SSSR count). The topological polar surface area (TPSA) is 66.4 Å². The Morgan fingerprint density at radius 2 is 1.85 bits per heavy atom. The lowest BCUT2D eigenvalue weighted by atomic mass is 10.0. The number of benzene rings is 2. The van der Waals surface area contributed by atoms with Gasteiger partial charge in [0.1, 0.15) is 12.4 Å². The van der Waals surface area contributed by atoms with E-state index in [0.717, 1.165) is 34.4 Å². The monoisotopic (exact) mass is 446 g/mol. The summed E-state index contributed by atoms with van der Waals surface area (Å²) in [5.41, 5.74) is 4.77. The molecule has 0 aliphatic carbocycles. The number of amides is 2. The first-order chi connectivity index (χ1) is 15.9. The average Bonchev–Trinajstić information content (AvgIpc) is 2.82. The molecule has 0 N–H and O–H groups in total. The van der Waals surface area contributed by atoms with Crippen LogP contribution in [0.15, 0.2) is 54.7 Å². The van der Waals surface area contributed by atoms with Crippen molar-refractivity contribution < 1.29 is 14.0 Å². The maximum Gasteiger partial charge on any atom is 0.257 e. The molecule has 1 aromatic heterocycles. The summed E-state index contributed by atoms with van der Waals surface area (Å²) in [5.74, 6) is -1.17. The Morgan fingerprint density at radius 1 is 1.06 bits per heavy atom. The zero-order valence-corrected chi connectivity index (χ0v) is 18.9. The van der Waals surface area contributed by atoms with Gasteiger partial charge in [0, 0.05) is 26.1 Å². The average molecular weight is 447 g/mol. The van der Waals surface area contributed by atoms with Crippen LogP contribution < -0.4 is 0 Å². The fourth-order valence-electron chi connectivity index (χ4n) is 3.99. The van der Waals surface area contributed by atoms with Crippen LogP contribution in [0.4, 0.5) is 4.39 Å². The van der Waals surface area contributed by atoms with Gasteiger partial charge in [-0.25, -0.2) is 4.39 Å². The first-order valence-electron chi connectivity index (χ1n) is 11.1. The second-order valence-corrected chi connectivity index (χ2v) is 8.43. The van der Waals surface area contributed by atoms with Crippen molar-refractivity contribution in [2.75, 3.05) is 26.2 Å². The molecule has 1 fully saturated rings. The number of hydrogen-bond acceptors (Lipinski definition) is 4. The number of carbonyl (C=O) groups is 2. The van der Waals surface area contributed by atoms with Crippen LogP contribution in [0.1, 0.15) is 38.3 Å². The lowest BCUT2D eigenvalue weighted by molar-refractivity contribution is -0.134. The molecule has 1 aliphatic rings. The van der Waals surface area contributed by atoms with Crippen molar-refractivity contribution in [3.63, 3.8) is 0 Å². The van der Waals surface area contributed by atoms with Gasteiger partial charge in [-0.15, -0.1) is 0 Å². The van der Waals surface area contributed by atoms with Crippen molar-refractivity contribution in [3.05, 3.63) is 94.1 Å². The van der Waals surface area contributed by atoms with Crippen LogP contribution in [0.3, 0.4) is 0 Å². The van der Waals surface area contributed by atoms with Crippen LogP contribution in [0.25, 0.3) is 0 Å². The van der Waals surface area contributed by atoms with Gasteiger partial charge in [-0.1, -0.05) is 36.4 Å². The van der Waals surface area contributed by atoms with Crippen LogP contribution in [0.2, 0.25) is 0 Å². The van der Waals surface area contributed by atoms with Crippen molar-refractivity contribution in [2.24, 2.45) is 0 Å². The van der Waals surface area contributed by atoms with Crippen molar-refractivity contribution in [1.82, 2.24) is 20.0 Å². The predicted molar refractivity (Wildman–Crippen MR) is 123 cm³/mol. The molecule has 33 heavy (non-hydrogen) atoms. The molecule has 2 heterocycles. The Labute approximate surface area is 193 Å². The van der Waals surface area contributed by atoms with Gasteiger partial charge in [0.25, 0.3) is 5.91 Å². The minimum atomic E-state index is -0.588. The molecule has 7 heteroatoms. The number of hydrogen-bond donors (Lipinski definition) is 0. The maximum atomic E-state index is 14.6. The summed E-state index contributed by atoms with van der Waals surface area (Å²) in [6, 6.07) is 14.5. The summed E-state index contributed by atoms with van der Waals surface area (Å²) in [4.78, 5) is 28.9. The molecule has 0 radical (unpaired) electrons. The smallest absolute Gasteiger partial charge is 0.257 e. The zero-order chi connectivity index (χ0) is 23.4. The highest BCUT2D eigenvalue weighted by atomic mass is 19.1. The van der Waals surface area contributed by atoms with E-state index in [-0.39, 0.29) is 18.0 Å². The summed E-state index contributed by atoms with van der Waals surface area (Å²) in [6.07, 6.45) is 2.92. The van der Waals surface area contributed by atoms with Crippen molar-refractivity contribution in [1.29, 1.82) is 0 Å². The molecule has 1 saturated heterocycles. The predicted octanol–water partition coefficient (Wildman–Crippen LogP) is 3.35. The van der Waals surface area contributed by atoms with E-state index in [2.05, 4.69) is 10.2 Å². The van der Waals surface area contributed by atoms with E-state index in [9.17, 15) is 14.0 Å². The van der Waals surface area contributed by atoms with Gasteiger partial charge in [0.2, 0.25) is 5.91 Å². The van der Waals surface area contributed by atoms with E-state index in [1.165, 1.54) is 11.0 Å². The normalized spacial score (nSPS) is 14.0. The summed E-state index contributed by atoms with van der Waals surface area (Å²) in [7, 11) is 0. The standard InChI is InChI=1S/C26H27FN4O2/c1-18-16-28-29-24(19(18)2)15-21-8-9-23(27)22(14-21)26(33)31-13-12-30(25(32)17-31)11-10-20-6-4-3-5-7-20/h3-9,14,16H,10-13,15,17H2,1-2H3. The molecule has 170 valence electrons. The van der Waals surface area contributed by atoms with E-state index in [4.69, 9.17) is 0 Å². The van der Waals surface area contributed by atoms with Gasteiger partial charge in [-0.2, -0.15) is 10.2 Å². The third-order valence-electron chi connectivity index (χ3n) is 6.21. The van der Waals surface area contributed by atoms with E-state index in [1.54, 1.807) is 23.2 Å².